The van der Waals surface area contributed by atoms with Gasteiger partial charge >= 0.3 is 0 Å². The molecule has 0 aliphatic heterocycles. The van der Waals surface area contributed by atoms with Crippen molar-refractivity contribution < 1.29 is 13.2 Å². The van der Waals surface area contributed by atoms with Crippen LogP contribution < -0.4 is 4.72 Å². The van der Waals surface area contributed by atoms with E-state index in [-0.39, 0.29) is 11.5 Å². The summed E-state index contributed by atoms with van der Waals surface area (Å²) in [5.74, 6) is -0.149. The SMILES string of the molecule is CCS(=O)(=O)Nc1ccc(Cc2cc(C)c(C(=O)c3ccc(Cl)c(Cl)c3)n2C)nc1. The first-order valence-corrected chi connectivity index (χ1v) is 11.6. The van der Waals surface area contributed by atoms with E-state index in [1.807, 2.05) is 24.6 Å². The third kappa shape index (κ3) is 4.86. The van der Waals surface area contributed by atoms with Gasteiger partial charge in [0.25, 0.3) is 0 Å². The summed E-state index contributed by atoms with van der Waals surface area (Å²) >= 11 is 12.0. The van der Waals surface area contributed by atoms with Gasteiger partial charge in [-0.05, 0) is 55.8 Å². The van der Waals surface area contributed by atoms with E-state index in [2.05, 4.69) is 9.71 Å². The Hall–Kier alpha value is -2.35. The highest BCUT2D eigenvalue weighted by molar-refractivity contribution is 7.92. The van der Waals surface area contributed by atoms with E-state index in [4.69, 9.17) is 23.2 Å². The summed E-state index contributed by atoms with van der Waals surface area (Å²) in [5, 5.41) is 0.728. The molecule has 6 nitrogen and oxygen atoms in total. The van der Waals surface area contributed by atoms with Crippen LogP contribution >= 0.6 is 23.2 Å². The second-order valence-corrected chi connectivity index (χ2v) is 9.73. The molecule has 0 radical (unpaired) electrons. The van der Waals surface area contributed by atoms with Crippen LogP contribution in [0.4, 0.5) is 5.69 Å². The van der Waals surface area contributed by atoms with Crippen molar-refractivity contribution in [3.05, 3.63) is 80.8 Å². The quantitative estimate of drug-likeness (QED) is 0.516. The zero-order valence-electron chi connectivity index (χ0n) is 16.7. The smallest absolute Gasteiger partial charge is 0.232 e. The molecule has 0 bridgehead atoms. The van der Waals surface area contributed by atoms with Crippen LogP contribution in [0, 0.1) is 6.92 Å². The molecule has 0 spiro atoms. The van der Waals surface area contributed by atoms with Crippen molar-refractivity contribution in [3.63, 3.8) is 0 Å². The van der Waals surface area contributed by atoms with Gasteiger partial charge in [0, 0.05) is 30.4 Å². The number of nitrogens with zero attached hydrogens (tertiary/aromatic N) is 2. The predicted molar refractivity (Wildman–Crippen MR) is 120 cm³/mol. The van der Waals surface area contributed by atoms with Gasteiger partial charge in [-0.1, -0.05) is 23.2 Å². The van der Waals surface area contributed by atoms with Gasteiger partial charge in [0.1, 0.15) is 0 Å². The zero-order valence-corrected chi connectivity index (χ0v) is 19.1. The number of carbonyl (C=O) groups excluding carboxylic acids is 1. The van der Waals surface area contributed by atoms with Crippen molar-refractivity contribution in [1.82, 2.24) is 9.55 Å². The fraction of sp³-hybridized carbons (Fsp3) is 0.238. The van der Waals surface area contributed by atoms with E-state index in [1.165, 1.54) is 6.20 Å². The van der Waals surface area contributed by atoms with E-state index >= 15 is 0 Å². The minimum Gasteiger partial charge on any atom is -0.344 e. The monoisotopic (exact) mass is 465 g/mol. The fourth-order valence-corrected chi connectivity index (χ4v) is 4.05. The topological polar surface area (TPSA) is 81.1 Å². The van der Waals surface area contributed by atoms with E-state index in [0.717, 1.165) is 17.0 Å². The molecular formula is C21H21Cl2N3O3S. The average Bonchev–Trinajstić information content (AvgIpc) is 2.98. The molecule has 30 heavy (non-hydrogen) atoms. The molecule has 0 amide bonds. The lowest BCUT2D eigenvalue weighted by atomic mass is 10.1. The molecule has 0 saturated heterocycles. The van der Waals surface area contributed by atoms with Crippen LogP contribution in [-0.4, -0.2) is 29.5 Å². The Labute approximate surface area is 185 Å². The lowest BCUT2D eigenvalue weighted by Gasteiger charge is -2.09. The van der Waals surface area contributed by atoms with Crippen LogP contribution in [0.2, 0.25) is 10.0 Å². The van der Waals surface area contributed by atoms with E-state index in [9.17, 15) is 13.2 Å². The maximum absolute atomic E-state index is 13.0. The van der Waals surface area contributed by atoms with E-state index < -0.39 is 10.0 Å². The van der Waals surface area contributed by atoms with Crippen LogP contribution in [0.25, 0.3) is 0 Å². The number of hydrogen-bond acceptors (Lipinski definition) is 4. The van der Waals surface area contributed by atoms with Gasteiger partial charge in [-0.2, -0.15) is 0 Å². The standard InChI is InChI=1S/C21H21Cl2N3O3S/c1-4-30(28,29)25-16-7-6-15(24-12-16)11-17-9-13(2)20(26(17)3)21(27)14-5-8-18(22)19(23)10-14/h5-10,12,25H,4,11H2,1-3H3. The Bertz CT molecular complexity index is 1200. The van der Waals surface area contributed by atoms with Crippen molar-refractivity contribution in [1.29, 1.82) is 0 Å². The summed E-state index contributed by atoms with van der Waals surface area (Å²) in [7, 11) is -1.51. The molecule has 1 N–H and O–H groups in total. The molecule has 0 aliphatic carbocycles. The summed E-state index contributed by atoms with van der Waals surface area (Å²) in [6.07, 6.45) is 1.98. The highest BCUT2D eigenvalue weighted by Gasteiger charge is 2.19. The molecule has 0 atom stereocenters. The zero-order chi connectivity index (χ0) is 22.1. The number of rotatable bonds is 7. The maximum atomic E-state index is 13.0. The molecule has 2 heterocycles. The highest BCUT2D eigenvalue weighted by atomic mass is 35.5. The third-order valence-electron chi connectivity index (χ3n) is 4.76. The lowest BCUT2D eigenvalue weighted by Crippen LogP contribution is -2.14. The molecule has 3 aromatic rings. The van der Waals surface area contributed by atoms with Crippen molar-refractivity contribution >= 4 is 44.7 Å². The van der Waals surface area contributed by atoms with Gasteiger partial charge in [0.2, 0.25) is 15.8 Å². The molecule has 3 rings (SSSR count). The number of aromatic nitrogens is 2. The van der Waals surface area contributed by atoms with Gasteiger partial charge in [-0.3, -0.25) is 14.5 Å². The summed E-state index contributed by atoms with van der Waals surface area (Å²) in [6, 6.07) is 10.2. The van der Waals surface area contributed by atoms with Crippen molar-refractivity contribution in [3.8, 4) is 0 Å². The molecule has 0 fully saturated rings. The maximum Gasteiger partial charge on any atom is 0.232 e. The average molecular weight is 466 g/mol. The van der Waals surface area contributed by atoms with Gasteiger partial charge < -0.3 is 4.57 Å². The Morgan fingerprint density at radius 1 is 1.13 bits per heavy atom. The second kappa shape index (κ2) is 8.79. The normalized spacial score (nSPS) is 11.5. The van der Waals surface area contributed by atoms with Crippen LogP contribution in [-0.2, 0) is 23.5 Å². The molecular weight excluding hydrogens is 445 g/mol. The third-order valence-corrected chi connectivity index (χ3v) is 6.81. The molecule has 0 unspecified atom stereocenters. The number of halogens is 2. The Morgan fingerprint density at radius 2 is 1.87 bits per heavy atom. The van der Waals surface area contributed by atoms with Crippen molar-refractivity contribution in [2.45, 2.75) is 20.3 Å². The van der Waals surface area contributed by atoms with Gasteiger partial charge in [-0.15, -0.1) is 0 Å². The number of carbonyl (C=O) groups is 1. The van der Waals surface area contributed by atoms with E-state index in [1.54, 1.807) is 37.3 Å². The minimum atomic E-state index is -3.34. The van der Waals surface area contributed by atoms with Gasteiger partial charge in [0.05, 0.1) is 33.4 Å². The lowest BCUT2D eigenvalue weighted by molar-refractivity contribution is 0.103. The van der Waals surface area contributed by atoms with Crippen molar-refractivity contribution in [2.75, 3.05) is 10.5 Å². The first kappa shape index (κ1) is 22.3. The number of nitrogens with one attached hydrogen (secondary N) is 1. The van der Waals surface area contributed by atoms with E-state index in [0.29, 0.717) is 33.4 Å². The summed E-state index contributed by atoms with van der Waals surface area (Å²) in [6.45, 7) is 3.45. The highest BCUT2D eigenvalue weighted by Crippen LogP contribution is 2.26. The summed E-state index contributed by atoms with van der Waals surface area (Å²) < 4.78 is 27.6. The summed E-state index contributed by atoms with van der Waals surface area (Å²) in [5.41, 5.74) is 3.95. The first-order chi connectivity index (χ1) is 14.1. The number of ketones is 1. The molecule has 158 valence electrons. The van der Waals surface area contributed by atoms with Crippen LogP contribution in [0.15, 0.2) is 42.6 Å². The Morgan fingerprint density at radius 3 is 2.47 bits per heavy atom. The molecule has 0 saturated carbocycles. The molecule has 2 aromatic heterocycles. The number of benzene rings is 1. The Balaban J connectivity index is 1.83. The van der Waals surface area contributed by atoms with Crippen LogP contribution in [0.3, 0.4) is 0 Å². The molecule has 9 heteroatoms. The number of pyridine rings is 1. The number of aryl methyl sites for hydroxylation is 1. The predicted octanol–water partition coefficient (Wildman–Crippen LogP) is 4.62. The largest absolute Gasteiger partial charge is 0.344 e. The van der Waals surface area contributed by atoms with Crippen molar-refractivity contribution in [2.24, 2.45) is 7.05 Å². The molecule has 1 aromatic carbocycles. The van der Waals surface area contributed by atoms with Gasteiger partial charge in [-0.25, -0.2) is 8.42 Å². The Kier molecular flexibility index (Phi) is 6.55. The number of hydrogen-bond donors (Lipinski definition) is 1. The second-order valence-electron chi connectivity index (χ2n) is 6.90. The summed E-state index contributed by atoms with van der Waals surface area (Å²) in [4.78, 5) is 17.4. The fourth-order valence-electron chi connectivity index (χ4n) is 3.13. The number of anilines is 1. The number of sulfonamides is 1. The minimum absolute atomic E-state index is 0.00693. The molecule has 0 aliphatic rings. The van der Waals surface area contributed by atoms with Crippen LogP contribution in [0.1, 0.15) is 39.9 Å². The van der Waals surface area contributed by atoms with Gasteiger partial charge in [0.15, 0.2) is 0 Å². The first-order valence-electron chi connectivity index (χ1n) is 9.21. The van der Waals surface area contributed by atoms with Crippen LogP contribution in [0.5, 0.6) is 0 Å².